The van der Waals surface area contributed by atoms with Gasteiger partial charge in [0.05, 0.1) is 0 Å². The molecular formula is C12H13BrO. The quantitative estimate of drug-likeness (QED) is 0.587. The molecule has 1 aromatic rings. The second-order valence-electron chi connectivity index (χ2n) is 3.21. The highest BCUT2D eigenvalue weighted by Crippen LogP contribution is 2.18. The van der Waals surface area contributed by atoms with E-state index in [9.17, 15) is 4.79 Å². The molecule has 0 bridgehead atoms. The first-order chi connectivity index (χ1) is 6.65. The molecule has 0 aliphatic rings. The zero-order valence-electron chi connectivity index (χ0n) is 8.22. The number of benzene rings is 1. The third-order valence-electron chi connectivity index (χ3n) is 2.08. The van der Waals surface area contributed by atoms with Gasteiger partial charge in [0, 0.05) is 16.5 Å². The molecule has 0 radical (unpaired) electrons. The molecule has 2 heteroatoms. The number of aryl methyl sites for hydroxylation is 1. The molecule has 0 amide bonds. The normalized spacial score (nSPS) is 9.86. The fourth-order valence-corrected chi connectivity index (χ4v) is 1.62. The first-order valence-electron chi connectivity index (χ1n) is 4.55. The van der Waals surface area contributed by atoms with E-state index in [1.54, 1.807) is 6.08 Å². The van der Waals surface area contributed by atoms with Gasteiger partial charge in [-0.2, -0.15) is 0 Å². The van der Waals surface area contributed by atoms with Crippen LogP contribution in [0.1, 0.15) is 28.8 Å². The van der Waals surface area contributed by atoms with Crippen LogP contribution in [-0.4, -0.2) is 5.78 Å². The lowest BCUT2D eigenvalue weighted by atomic mass is 10.0. The van der Waals surface area contributed by atoms with Gasteiger partial charge in [-0.15, -0.1) is 6.58 Å². The van der Waals surface area contributed by atoms with Crippen molar-refractivity contribution >= 4 is 21.7 Å². The summed E-state index contributed by atoms with van der Waals surface area (Å²) in [5.41, 5.74) is 1.84. The van der Waals surface area contributed by atoms with Gasteiger partial charge < -0.3 is 0 Å². The number of hydrogen-bond donors (Lipinski definition) is 0. The summed E-state index contributed by atoms with van der Waals surface area (Å²) in [6.45, 7) is 5.56. The van der Waals surface area contributed by atoms with E-state index in [-0.39, 0.29) is 5.78 Å². The molecule has 74 valence electrons. The van der Waals surface area contributed by atoms with Gasteiger partial charge >= 0.3 is 0 Å². The van der Waals surface area contributed by atoms with Crippen LogP contribution >= 0.6 is 15.9 Å². The van der Waals surface area contributed by atoms with Crippen LogP contribution in [0.2, 0.25) is 0 Å². The Labute approximate surface area is 93.0 Å². The van der Waals surface area contributed by atoms with Gasteiger partial charge in [-0.05, 0) is 31.0 Å². The van der Waals surface area contributed by atoms with Crippen LogP contribution in [0.3, 0.4) is 0 Å². The Kier molecular flexibility index (Phi) is 4.08. The average molecular weight is 253 g/mol. The van der Waals surface area contributed by atoms with Crippen LogP contribution in [0.4, 0.5) is 0 Å². The second-order valence-corrected chi connectivity index (χ2v) is 4.13. The van der Waals surface area contributed by atoms with Crippen LogP contribution < -0.4 is 0 Å². The minimum atomic E-state index is 0.184. The number of carbonyl (C=O) groups is 1. The zero-order chi connectivity index (χ0) is 10.6. The molecule has 0 atom stereocenters. The van der Waals surface area contributed by atoms with Gasteiger partial charge in [0.2, 0.25) is 0 Å². The molecule has 1 nitrogen and oxygen atoms in total. The van der Waals surface area contributed by atoms with E-state index < -0.39 is 0 Å². The minimum absolute atomic E-state index is 0.184. The molecule has 14 heavy (non-hydrogen) atoms. The fraction of sp³-hybridized carbons (Fsp3) is 0.250. The van der Waals surface area contributed by atoms with Crippen molar-refractivity contribution in [2.24, 2.45) is 0 Å². The molecular weight excluding hydrogens is 240 g/mol. The molecule has 0 N–H and O–H groups in total. The molecule has 0 heterocycles. The molecule has 0 aliphatic carbocycles. The van der Waals surface area contributed by atoms with Gasteiger partial charge in [-0.3, -0.25) is 4.79 Å². The highest BCUT2D eigenvalue weighted by atomic mass is 79.9. The largest absolute Gasteiger partial charge is 0.294 e. The van der Waals surface area contributed by atoms with Crippen LogP contribution in [0, 0.1) is 6.92 Å². The Morgan fingerprint density at radius 3 is 2.93 bits per heavy atom. The molecule has 0 unspecified atom stereocenters. The molecule has 0 saturated carbocycles. The summed E-state index contributed by atoms with van der Waals surface area (Å²) in [5.74, 6) is 0.184. The summed E-state index contributed by atoms with van der Waals surface area (Å²) in [7, 11) is 0. The second kappa shape index (κ2) is 5.11. The van der Waals surface area contributed by atoms with Crippen molar-refractivity contribution in [2.45, 2.75) is 19.8 Å². The maximum absolute atomic E-state index is 11.7. The Hall–Kier alpha value is -0.890. The highest BCUT2D eigenvalue weighted by molar-refractivity contribution is 9.10. The predicted molar refractivity (Wildman–Crippen MR) is 62.6 cm³/mol. The van der Waals surface area contributed by atoms with E-state index in [0.717, 1.165) is 22.0 Å². The maximum atomic E-state index is 11.7. The van der Waals surface area contributed by atoms with Gasteiger partial charge in [-0.1, -0.05) is 28.1 Å². The number of hydrogen-bond acceptors (Lipinski definition) is 1. The Morgan fingerprint density at radius 1 is 1.57 bits per heavy atom. The lowest BCUT2D eigenvalue weighted by Crippen LogP contribution is -2.00. The Morgan fingerprint density at radius 2 is 2.29 bits per heavy atom. The molecule has 0 aromatic heterocycles. The maximum Gasteiger partial charge on any atom is 0.163 e. The van der Waals surface area contributed by atoms with Crippen molar-refractivity contribution < 1.29 is 4.79 Å². The topological polar surface area (TPSA) is 17.1 Å². The summed E-state index contributed by atoms with van der Waals surface area (Å²) >= 11 is 3.36. The third kappa shape index (κ3) is 2.81. The van der Waals surface area contributed by atoms with Crippen molar-refractivity contribution in [1.29, 1.82) is 0 Å². The van der Waals surface area contributed by atoms with Gasteiger partial charge in [0.1, 0.15) is 0 Å². The van der Waals surface area contributed by atoms with Crippen LogP contribution in [0.25, 0.3) is 0 Å². The highest BCUT2D eigenvalue weighted by Gasteiger charge is 2.08. The molecule has 1 rings (SSSR count). The Bertz CT molecular complexity index is 355. The van der Waals surface area contributed by atoms with Crippen LogP contribution in [-0.2, 0) is 0 Å². The number of ketones is 1. The Balaban J connectivity index is 2.88. The minimum Gasteiger partial charge on any atom is -0.294 e. The van der Waals surface area contributed by atoms with E-state index in [2.05, 4.69) is 22.5 Å². The van der Waals surface area contributed by atoms with E-state index in [4.69, 9.17) is 0 Å². The van der Waals surface area contributed by atoms with E-state index >= 15 is 0 Å². The standard InChI is InChI=1S/C12H13BrO/c1-3-4-5-12(14)11-8-10(13)7-6-9(11)2/h3,6-8H,1,4-5H2,2H3. The lowest BCUT2D eigenvalue weighted by Gasteiger charge is -2.04. The summed E-state index contributed by atoms with van der Waals surface area (Å²) in [5, 5.41) is 0. The number of halogens is 1. The van der Waals surface area contributed by atoms with Gasteiger partial charge in [0.15, 0.2) is 5.78 Å². The van der Waals surface area contributed by atoms with Crippen LogP contribution in [0.15, 0.2) is 35.3 Å². The molecule has 0 aliphatic heterocycles. The fourth-order valence-electron chi connectivity index (χ4n) is 1.26. The number of Topliss-reactive ketones (excluding diaryl/α,β-unsaturated/α-hetero) is 1. The summed E-state index contributed by atoms with van der Waals surface area (Å²) in [4.78, 5) is 11.7. The SMILES string of the molecule is C=CCCC(=O)c1cc(Br)ccc1C. The monoisotopic (exact) mass is 252 g/mol. The van der Waals surface area contributed by atoms with E-state index in [1.165, 1.54) is 0 Å². The summed E-state index contributed by atoms with van der Waals surface area (Å²) in [6.07, 6.45) is 3.05. The molecule has 0 spiro atoms. The number of carbonyl (C=O) groups excluding carboxylic acids is 1. The first kappa shape index (κ1) is 11.2. The van der Waals surface area contributed by atoms with Crippen molar-refractivity contribution in [3.8, 4) is 0 Å². The molecule has 1 aromatic carbocycles. The molecule has 0 fully saturated rings. The van der Waals surface area contributed by atoms with E-state index in [0.29, 0.717) is 6.42 Å². The van der Waals surface area contributed by atoms with E-state index in [1.807, 2.05) is 25.1 Å². The van der Waals surface area contributed by atoms with Crippen molar-refractivity contribution in [3.63, 3.8) is 0 Å². The third-order valence-corrected chi connectivity index (χ3v) is 2.57. The smallest absolute Gasteiger partial charge is 0.163 e. The number of rotatable bonds is 4. The zero-order valence-corrected chi connectivity index (χ0v) is 9.80. The summed E-state index contributed by atoms with van der Waals surface area (Å²) in [6, 6.07) is 5.77. The molecule has 0 saturated heterocycles. The summed E-state index contributed by atoms with van der Waals surface area (Å²) < 4.78 is 0.949. The van der Waals surface area contributed by atoms with Crippen molar-refractivity contribution in [2.75, 3.05) is 0 Å². The van der Waals surface area contributed by atoms with Gasteiger partial charge in [-0.25, -0.2) is 0 Å². The van der Waals surface area contributed by atoms with Gasteiger partial charge in [0.25, 0.3) is 0 Å². The predicted octanol–water partition coefficient (Wildman–Crippen LogP) is 3.91. The van der Waals surface area contributed by atoms with Crippen LogP contribution in [0.5, 0.6) is 0 Å². The van der Waals surface area contributed by atoms with Crippen molar-refractivity contribution in [3.05, 3.63) is 46.5 Å². The first-order valence-corrected chi connectivity index (χ1v) is 5.34. The average Bonchev–Trinajstić information content (AvgIpc) is 2.18. The van der Waals surface area contributed by atoms with Crippen molar-refractivity contribution in [1.82, 2.24) is 0 Å². The number of allylic oxidation sites excluding steroid dienone is 1. The lowest BCUT2D eigenvalue weighted by molar-refractivity contribution is 0.0983.